The molecule has 0 bridgehead atoms. The van der Waals surface area contributed by atoms with Crippen molar-refractivity contribution < 1.29 is 0 Å². The number of halogens is 1. The molecular weight excluding hydrogens is 252 g/mol. The van der Waals surface area contributed by atoms with Gasteiger partial charge in [0.1, 0.15) is 12.7 Å². The van der Waals surface area contributed by atoms with Gasteiger partial charge in [0.05, 0.1) is 5.69 Å². The van der Waals surface area contributed by atoms with Crippen LogP contribution in [0.25, 0.3) is 11.3 Å². The van der Waals surface area contributed by atoms with Gasteiger partial charge in [-0.15, -0.1) is 0 Å². The van der Waals surface area contributed by atoms with Crippen LogP contribution >= 0.6 is 11.6 Å². The lowest BCUT2D eigenvalue weighted by molar-refractivity contribution is 1.05. The highest BCUT2D eigenvalue weighted by molar-refractivity contribution is 6.30. The predicted octanol–water partition coefficient (Wildman–Crippen LogP) is 1.38. The fourth-order valence-electron chi connectivity index (χ4n) is 1.42. The van der Waals surface area contributed by atoms with Crippen LogP contribution in [0.15, 0.2) is 41.8 Å². The Morgan fingerprint density at radius 3 is 2.83 bits per heavy atom. The first kappa shape index (κ1) is 12.3. The lowest BCUT2D eigenvalue weighted by atomic mass is 10.1. The minimum Gasteiger partial charge on any atom is -0.322 e. The van der Waals surface area contributed by atoms with E-state index < -0.39 is 0 Å². The van der Waals surface area contributed by atoms with Crippen LogP contribution in [0.2, 0.25) is 5.02 Å². The molecule has 4 N–H and O–H groups in total. The minimum absolute atomic E-state index is 0.481. The van der Waals surface area contributed by atoms with E-state index >= 15 is 0 Å². The molecule has 0 atom stereocenters. The van der Waals surface area contributed by atoms with Crippen molar-refractivity contribution in [2.75, 3.05) is 5.01 Å². The molecule has 0 radical (unpaired) electrons. The second kappa shape index (κ2) is 5.44. The summed E-state index contributed by atoms with van der Waals surface area (Å²) in [5.74, 6) is 11.2. The average molecular weight is 263 g/mol. The van der Waals surface area contributed by atoms with Gasteiger partial charge < -0.3 is 5.84 Å². The number of aromatic nitrogens is 2. The Kier molecular flexibility index (Phi) is 3.71. The van der Waals surface area contributed by atoms with Gasteiger partial charge in [-0.2, -0.15) is 5.10 Å². The van der Waals surface area contributed by atoms with E-state index in [4.69, 9.17) is 23.3 Å². The summed E-state index contributed by atoms with van der Waals surface area (Å²) in [7, 11) is 0. The van der Waals surface area contributed by atoms with Gasteiger partial charge in [0.2, 0.25) is 0 Å². The summed E-state index contributed by atoms with van der Waals surface area (Å²) >= 11 is 5.93. The number of hydrazine groups is 1. The Balaban J connectivity index is 2.38. The minimum atomic E-state index is 0.481. The topological polar surface area (TPSA) is 93.4 Å². The number of anilines is 1. The van der Waals surface area contributed by atoms with Gasteiger partial charge >= 0.3 is 0 Å². The number of benzene rings is 1. The van der Waals surface area contributed by atoms with E-state index in [2.05, 4.69) is 15.1 Å². The quantitative estimate of drug-likeness (QED) is 0.377. The number of hydrazone groups is 1. The van der Waals surface area contributed by atoms with E-state index in [1.807, 2.05) is 18.2 Å². The van der Waals surface area contributed by atoms with E-state index in [9.17, 15) is 0 Å². The van der Waals surface area contributed by atoms with Crippen molar-refractivity contribution in [3.63, 3.8) is 0 Å². The number of rotatable bonds is 3. The standard InChI is InChI=1S/C11H11ClN6/c12-9-3-1-2-8(4-9)10-5-11(16-6-15-10)18(14)7-17-13/h1-7H,13-14H2/b17-7-. The van der Waals surface area contributed by atoms with E-state index in [1.54, 1.807) is 12.1 Å². The number of hydrogen-bond donors (Lipinski definition) is 2. The van der Waals surface area contributed by atoms with Gasteiger partial charge in [-0.3, -0.25) is 0 Å². The van der Waals surface area contributed by atoms with E-state index in [0.29, 0.717) is 16.5 Å². The number of nitrogens with zero attached hydrogens (tertiary/aromatic N) is 4. The van der Waals surface area contributed by atoms with Gasteiger partial charge in [0.15, 0.2) is 5.82 Å². The van der Waals surface area contributed by atoms with Crippen LogP contribution in [-0.4, -0.2) is 16.3 Å². The van der Waals surface area contributed by atoms with Crippen LogP contribution in [0.3, 0.4) is 0 Å². The third-order valence-corrected chi connectivity index (χ3v) is 2.46. The van der Waals surface area contributed by atoms with Gasteiger partial charge in [0, 0.05) is 16.7 Å². The molecule has 0 fully saturated rings. The Morgan fingerprint density at radius 2 is 2.11 bits per heavy atom. The molecule has 0 saturated heterocycles. The number of nitrogens with two attached hydrogens (primary N) is 2. The summed E-state index contributed by atoms with van der Waals surface area (Å²) in [5, 5.41) is 5.17. The lowest BCUT2D eigenvalue weighted by Crippen LogP contribution is -2.30. The number of hydrogen-bond acceptors (Lipinski definition) is 5. The largest absolute Gasteiger partial charge is 0.322 e. The normalized spacial score (nSPS) is 10.8. The first-order valence-corrected chi connectivity index (χ1v) is 5.44. The van der Waals surface area contributed by atoms with Crippen LogP contribution < -0.4 is 16.7 Å². The highest BCUT2D eigenvalue weighted by Gasteiger charge is 2.05. The highest BCUT2D eigenvalue weighted by Crippen LogP contribution is 2.22. The molecule has 1 aromatic heterocycles. The Hall–Kier alpha value is -2.18. The summed E-state index contributed by atoms with van der Waals surface area (Å²) < 4.78 is 0. The summed E-state index contributed by atoms with van der Waals surface area (Å²) in [5.41, 5.74) is 1.59. The molecule has 0 aliphatic carbocycles. The van der Waals surface area contributed by atoms with E-state index in [-0.39, 0.29) is 0 Å². The van der Waals surface area contributed by atoms with Gasteiger partial charge in [0.25, 0.3) is 0 Å². The smallest absolute Gasteiger partial charge is 0.152 e. The van der Waals surface area contributed by atoms with Crippen LogP contribution in [0.5, 0.6) is 0 Å². The van der Waals surface area contributed by atoms with Crippen molar-refractivity contribution >= 4 is 23.8 Å². The summed E-state index contributed by atoms with van der Waals surface area (Å²) in [6, 6.07) is 9.07. The van der Waals surface area contributed by atoms with Crippen LogP contribution in [0.1, 0.15) is 0 Å². The molecule has 7 heteroatoms. The third-order valence-electron chi connectivity index (χ3n) is 2.23. The van der Waals surface area contributed by atoms with Crippen molar-refractivity contribution in [1.82, 2.24) is 9.97 Å². The van der Waals surface area contributed by atoms with Crippen molar-refractivity contribution in [2.24, 2.45) is 16.8 Å². The predicted molar refractivity (Wildman–Crippen MR) is 71.8 cm³/mol. The molecule has 2 aromatic rings. The van der Waals surface area contributed by atoms with E-state index in [1.165, 1.54) is 17.7 Å². The molecule has 0 spiro atoms. The molecule has 1 aromatic carbocycles. The Morgan fingerprint density at radius 1 is 1.28 bits per heavy atom. The molecule has 92 valence electrons. The molecule has 0 unspecified atom stereocenters. The average Bonchev–Trinajstić information content (AvgIpc) is 2.39. The maximum Gasteiger partial charge on any atom is 0.152 e. The molecule has 1 heterocycles. The van der Waals surface area contributed by atoms with Crippen molar-refractivity contribution in [3.05, 3.63) is 41.7 Å². The summed E-state index contributed by atoms with van der Waals surface area (Å²) in [6.45, 7) is 0. The van der Waals surface area contributed by atoms with Gasteiger partial charge in [-0.1, -0.05) is 23.7 Å². The van der Waals surface area contributed by atoms with Crippen molar-refractivity contribution in [1.29, 1.82) is 0 Å². The zero-order valence-electron chi connectivity index (χ0n) is 9.36. The molecular formula is C11H11ClN6. The maximum atomic E-state index is 5.93. The highest BCUT2D eigenvalue weighted by atomic mass is 35.5. The third kappa shape index (κ3) is 2.73. The van der Waals surface area contributed by atoms with Crippen molar-refractivity contribution in [2.45, 2.75) is 0 Å². The molecule has 6 nitrogen and oxygen atoms in total. The Bertz CT molecular complexity index is 571. The SMILES string of the molecule is N/N=C\N(N)c1cc(-c2cccc(Cl)c2)ncn1. The molecule has 0 saturated carbocycles. The zero-order valence-corrected chi connectivity index (χ0v) is 10.1. The van der Waals surface area contributed by atoms with E-state index in [0.717, 1.165) is 5.56 Å². The van der Waals surface area contributed by atoms with Gasteiger partial charge in [-0.25, -0.2) is 20.8 Å². The first-order valence-electron chi connectivity index (χ1n) is 5.06. The van der Waals surface area contributed by atoms with Gasteiger partial charge in [-0.05, 0) is 12.1 Å². The lowest BCUT2D eigenvalue weighted by Gasteiger charge is -2.11. The fourth-order valence-corrected chi connectivity index (χ4v) is 1.62. The van der Waals surface area contributed by atoms with Crippen LogP contribution in [0.4, 0.5) is 5.82 Å². The van der Waals surface area contributed by atoms with Crippen molar-refractivity contribution in [3.8, 4) is 11.3 Å². The zero-order chi connectivity index (χ0) is 13.0. The fraction of sp³-hybridized carbons (Fsp3) is 0. The second-order valence-electron chi connectivity index (χ2n) is 3.44. The van der Waals surface area contributed by atoms with Crippen LogP contribution in [0, 0.1) is 0 Å². The summed E-state index contributed by atoms with van der Waals surface area (Å²) in [6.07, 6.45) is 2.67. The Labute approximate surface area is 109 Å². The molecule has 0 amide bonds. The molecule has 2 rings (SSSR count). The molecule has 18 heavy (non-hydrogen) atoms. The maximum absolute atomic E-state index is 5.93. The van der Waals surface area contributed by atoms with Crippen LogP contribution in [-0.2, 0) is 0 Å². The second-order valence-corrected chi connectivity index (χ2v) is 3.88. The molecule has 0 aliphatic rings. The molecule has 0 aliphatic heterocycles. The monoisotopic (exact) mass is 262 g/mol. The first-order chi connectivity index (χ1) is 8.70. The summed E-state index contributed by atoms with van der Waals surface area (Å²) in [4.78, 5) is 8.18.